The molecule has 2 N–H and O–H groups in total. The van der Waals surface area contributed by atoms with Crippen LogP contribution in [0.3, 0.4) is 0 Å². The van der Waals surface area contributed by atoms with Gasteiger partial charge in [0.15, 0.2) is 12.4 Å². The molecule has 0 fully saturated rings. The molecule has 3 aromatic rings. The zero-order chi connectivity index (χ0) is 25.0. The number of nitrogens with zero attached hydrogens (tertiary/aromatic N) is 1. The Morgan fingerprint density at radius 3 is 2.66 bits per heavy atom. The molecule has 35 heavy (non-hydrogen) atoms. The molecule has 2 aromatic carbocycles. The fourth-order valence-corrected chi connectivity index (χ4v) is 4.25. The molecule has 186 valence electrons. The minimum absolute atomic E-state index is 0.0939. The maximum absolute atomic E-state index is 12.7. The van der Waals surface area contributed by atoms with E-state index in [0.29, 0.717) is 25.1 Å². The zero-order valence-corrected chi connectivity index (χ0v) is 21.8. The Morgan fingerprint density at radius 2 is 1.86 bits per heavy atom. The number of hydrogen-bond acceptors (Lipinski definition) is 4. The van der Waals surface area contributed by atoms with Gasteiger partial charge in [-0.1, -0.05) is 50.2 Å². The van der Waals surface area contributed by atoms with Gasteiger partial charge >= 0.3 is 6.09 Å². The highest BCUT2D eigenvalue weighted by molar-refractivity contribution is 9.10. The summed E-state index contributed by atoms with van der Waals surface area (Å²) >= 11 is 3.47. The maximum Gasteiger partial charge on any atom is 0.407 e. The summed E-state index contributed by atoms with van der Waals surface area (Å²) < 4.78 is 14.0. The summed E-state index contributed by atoms with van der Waals surface area (Å²) in [5.74, 6) is 0.642. The van der Waals surface area contributed by atoms with Gasteiger partial charge in [-0.3, -0.25) is 4.79 Å². The molecule has 0 spiro atoms. The van der Waals surface area contributed by atoms with E-state index < -0.39 is 6.09 Å². The van der Waals surface area contributed by atoms with E-state index in [9.17, 15) is 9.59 Å². The van der Waals surface area contributed by atoms with Gasteiger partial charge < -0.3 is 20.1 Å². The average molecular weight is 543 g/mol. The van der Waals surface area contributed by atoms with Crippen LogP contribution in [0.4, 0.5) is 4.79 Å². The lowest BCUT2D eigenvalue weighted by molar-refractivity contribution is -0.697. The summed E-state index contributed by atoms with van der Waals surface area (Å²) in [5, 5.41) is 7.88. The molecule has 7 nitrogen and oxygen atoms in total. The molecule has 1 unspecified atom stereocenters. The van der Waals surface area contributed by atoms with Crippen molar-refractivity contribution in [3.8, 4) is 5.75 Å². The quantitative estimate of drug-likeness (QED) is 0.249. The van der Waals surface area contributed by atoms with E-state index >= 15 is 0 Å². The Bertz CT molecular complexity index is 1130. The van der Waals surface area contributed by atoms with Crippen molar-refractivity contribution < 1.29 is 23.6 Å². The van der Waals surface area contributed by atoms with Crippen LogP contribution in [0.1, 0.15) is 43.5 Å². The van der Waals surface area contributed by atoms with Crippen molar-refractivity contribution in [2.24, 2.45) is 0 Å². The molecule has 1 atom stereocenters. The largest absolute Gasteiger partial charge is 0.491 e. The summed E-state index contributed by atoms with van der Waals surface area (Å²) in [4.78, 5) is 24.7. The number of fused-ring (bicyclic) bond motifs is 1. The lowest BCUT2D eigenvalue weighted by Crippen LogP contribution is -2.39. The number of hydrogen-bond donors (Lipinski definition) is 2. The van der Waals surface area contributed by atoms with Crippen LogP contribution < -0.4 is 19.9 Å². The smallest absolute Gasteiger partial charge is 0.407 e. The van der Waals surface area contributed by atoms with Crippen LogP contribution in [0.25, 0.3) is 10.8 Å². The number of aryl methyl sites for hydroxylation is 1. The van der Waals surface area contributed by atoms with E-state index in [1.54, 1.807) is 6.07 Å². The molecule has 1 aromatic heterocycles. The van der Waals surface area contributed by atoms with Gasteiger partial charge in [0.05, 0.1) is 17.6 Å². The highest BCUT2D eigenvalue weighted by atomic mass is 79.9. The predicted octanol–water partition coefficient (Wildman–Crippen LogP) is 5.00. The van der Waals surface area contributed by atoms with Crippen molar-refractivity contribution in [2.45, 2.75) is 45.7 Å². The molecule has 0 aliphatic carbocycles. The van der Waals surface area contributed by atoms with E-state index in [1.807, 2.05) is 66.3 Å². The maximum atomic E-state index is 12.7. The van der Waals surface area contributed by atoms with Crippen molar-refractivity contribution in [3.63, 3.8) is 0 Å². The second-order valence-corrected chi connectivity index (χ2v) is 9.15. The molecule has 2 amide bonds. The SMILES string of the molecule is CCC[n+]1cc(Br)cc(C(=O)NC(CC)CCOC(=O)NCCOc2cccc3ccccc23)c1. The fourth-order valence-electron chi connectivity index (χ4n) is 3.74. The molecular weight excluding hydrogens is 510 g/mol. The van der Waals surface area contributed by atoms with Gasteiger partial charge in [0.25, 0.3) is 5.91 Å². The van der Waals surface area contributed by atoms with Crippen LogP contribution in [-0.4, -0.2) is 37.8 Å². The summed E-state index contributed by atoms with van der Waals surface area (Å²) in [6.45, 7) is 5.80. The number of amides is 2. The highest BCUT2D eigenvalue weighted by Gasteiger charge is 2.17. The Morgan fingerprint density at radius 1 is 1.06 bits per heavy atom. The van der Waals surface area contributed by atoms with Crippen LogP contribution in [-0.2, 0) is 11.3 Å². The van der Waals surface area contributed by atoms with E-state index in [0.717, 1.165) is 40.4 Å². The third kappa shape index (κ3) is 8.24. The minimum Gasteiger partial charge on any atom is -0.491 e. The van der Waals surface area contributed by atoms with E-state index in [-0.39, 0.29) is 18.6 Å². The van der Waals surface area contributed by atoms with Gasteiger partial charge in [-0.05, 0) is 39.9 Å². The first-order valence-electron chi connectivity index (χ1n) is 12.0. The van der Waals surface area contributed by atoms with Gasteiger partial charge in [0, 0.05) is 24.3 Å². The van der Waals surface area contributed by atoms with Crippen molar-refractivity contribution in [3.05, 3.63) is 71.0 Å². The zero-order valence-electron chi connectivity index (χ0n) is 20.3. The number of alkyl carbamates (subject to hydrolysis) is 1. The summed E-state index contributed by atoms with van der Waals surface area (Å²) in [7, 11) is 0. The van der Waals surface area contributed by atoms with Crippen molar-refractivity contribution >= 4 is 38.7 Å². The lowest BCUT2D eigenvalue weighted by Gasteiger charge is -2.17. The Balaban J connectivity index is 1.37. The Hall–Kier alpha value is -3.13. The monoisotopic (exact) mass is 542 g/mol. The number of carbonyl (C=O) groups is 2. The summed E-state index contributed by atoms with van der Waals surface area (Å²) in [5.41, 5.74) is 0.594. The number of benzene rings is 2. The molecule has 0 saturated carbocycles. The Labute approximate surface area is 214 Å². The topological polar surface area (TPSA) is 80.5 Å². The number of carbonyl (C=O) groups excluding carboxylic acids is 2. The van der Waals surface area contributed by atoms with Crippen LogP contribution in [0.2, 0.25) is 0 Å². The molecule has 3 rings (SSSR count). The van der Waals surface area contributed by atoms with Gasteiger partial charge in [-0.2, -0.15) is 0 Å². The first kappa shape index (κ1) is 26.5. The number of aromatic nitrogens is 1. The second kappa shape index (κ2) is 13.7. The van der Waals surface area contributed by atoms with E-state index in [1.165, 1.54) is 0 Å². The molecule has 8 heteroatoms. The predicted molar refractivity (Wildman–Crippen MR) is 140 cm³/mol. The summed E-state index contributed by atoms with van der Waals surface area (Å²) in [6, 6.07) is 15.6. The molecule has 0 radical (unpaired) electrons. The number of halogens is 1. The van der Waals surface area contributed by atoms with E-state index in [4.69, 9.17) is 9.47 Å². The van der Waals surface area contributed by atoms with Crippen molar-refractivity contribution in [2.75, 3.05) is 19.8 Å². The van der Waals surface area contributed by atoms with Crippen molar-refractivity contribution in [1.29, 1.82) is 0 Å². The standard InChI is InChI=1S/C27H32BrN3O4/c1-3-14-31-18-21(17-22(28)19-31)26(32)30-23(4-2)12-15-35-27(33)29-13-16-34-25-11-7-9-20-8-5-6-10-24(20)25/h5-11,17-19,23H,3-4,12-16H2,1-2H3,(H-,29,30,32,33)/p+1. The molecular formula is C27H33BrN3O4+. The summed E-state index contributed by atoms with van der Waals surface area (Å²) in [6.07, 6.45) is 5.55. The average Bonchev–Trinajstić information content (AvgIpc) is 2.85. The number of rotatable bonds is 12. The van der Waals surface area contributed by atoms with Gasteiger partial charge in [0.2, 0.25) is 0 Å². The van der Waals surface area contributed by atoms with Gasteiger partial charge in [-0.25, -0.2) is 9.36 Å². The van der Waals surface area contributed by atoms with E-state index in [2.05, 4.69) is 33.5 Å². The third-order valence-electron chi connectivity index (χ3n) is 5.54. The Kier molecular flexibility index (Phi) is 10.3. The van der Waals surface area contributed by atoms with Crippen LogP contribution in [0, 0.1) is 0 Å². The minimum atomic E-state index is -0.500. The van der Waals surface area contributed by atoms with Crippen molar-refractivity contribution in [1.82, 2.24) is 10.6 Å². The first-order chi connectivity index (χ1) is 17.0. The first-order valence-corrected chi connectivity index (χ1v) is 12.8. The van der Waals surface area contributed by atoms with Gasteiger partial charge in [-0.15, -0.1) is 0 Å². The highest BCUT2D eigenvalue weighted by Crippen LogP contribution is 2.24. The van der Waals surface area contributed by atoms with Crippen LogP contribution >= 0.6 is 15.9 Å². The molecule has 0 aliphatic rings. The lowest BCUT2D eigenvalue weighted by atomic mass is 10.1. The molecule has 0 bridgehead atoms. The van der Waals surface area contributed by atoms with Gasteiger partial charge in [0.1, 0.15) is 24.5 Å². The molecule has 1 heterocycles. The number of pyridine rings is 1. The van der Waals surface area contributed by atoms with Crippen LogP contribution in [0.15, 0.2) is 65.4 Å². The molecule has 0 saturated heterocycles. The third-order valence-corrected chi connectivity index (χ3v) is 5.97. The van der Waals surface area contributed by atoms with Crippen LogP contribution in [0.5, 0.6) is 5.75 Å². The number of nitrogens with one attached hydrogen (secondary N) is 2. The normalized spacial score (nSPS) is 11.6. The second-order valence-electron chi connectivity index (χ2n) is 8.24. The molecule has 0 aliphatic heterocycles. The fraction of sp³-hybridized carbons (Fsp3) is 0.370. The number of ether oxygens (including phenoxy) is 2.